The smallest absolute Gasteiger partial charge is 0.153 e. The first kappa shape index (κ1) is 23.7. The third kappa shape index (κ3) is 8.50. The molecule has 2 aromatic carbocycles. The van der Waals surface area contributed by atoms with Crippen LogP contribution < -0.4 is 0 Å². The zero-order valence-electron chi connectivity index (χ0n) is 14.4. The maximum atomic E-state index is 10.1. The molecule has 5 nitrogen and oxygen atoms in total. The van der Waals surface area contributed by atoms with E-state index in [1.54, 1.807) is 12.1 Å². The molecule has 4 N–H and O–H groups in total. The van der Waals surface area contributed by atoms with Crippen LogP contribution in [0.5, 0.6) is 23.0 Å². The summed E-state index contributed by atoms with van der Waals surface area (Å²) in [6.07, 6.45) is 0.523. The lowest BCUT2D eigenvalue weighted by atomic mass is 10.2. The van der Waals surface area contributed by atoms with Crippen molar-refractivity contribution in [3.63, 3.8) is 0 Å². The predicted octanol–water partition coefficient (Wildman–Crippen LogP) is 4.33. The number of thiol groups is 2. The quantitative estimate of drug-likeness (QED) is 0.308. The molecule has 148 valence electrons. The van der Waals surface area contributed by atoms with Gasteiger partial charge in [0.05, 0.1) is 10.1 Å². The summed E-state index contributed by atoms with van der Waals surface area (Å²) in [6.45, 7) is 0. The van der Waals surface area contributed by atoms with Gasteiger partial charge in [0, 0.05) is 29.2 Å². The number of aromatic hydroxyl groups is 4. The van der Waals surface area contributed by atoms with Gasteiger partial charge in [0.25, 0.3) is 0 Å². The lowest BCUT2D eigenvalue weighted by molar-refractivity contribution is 0.112. The Morgan fingerprint density at radius 3 is 1.85 bits per heavy atom. The maximum absolute atomic E-state index is 10.1. The van der Waals surface area contributed by atoms with Gasteiger partial charge in [0.2, 0.25) is 0 Å². The van der Waals surface area contributed by atoms with Crippen LogP contribution >= 0.6 is 48.8 Å². The summed E-state index contributed by atoms with van der Waals surface area (Å²) in [7, 11) is 0. The van der Waals surface area contributed by atoms with Crippen LogP contribution in [0.1, 0.15) is 20.5 Å². The van der Waals surface area contributed by atoms with Gasteiger partial charge >= 0.3 is 0 Å². The summed E-state index contributed by atoms with van der Waals surface area (Å²) in [5.74, 6) is 4.09. The van der Waals surface area contributed by atoms with E-state index in [9.17, 15) is 9.90 Å². The molecule has 0 aliphatic carbocycles. The van der Waals surface area contributed by atoms with E-state index < -0.39 is 0 Å². The van der Waals surface area contributed by atoms with Gasteiger partial charge in [0.1, 0.15) is 23.0 Å². The van der Waals surface area contributed by atoms with Crippen LogP contribution in [0, 0.1) is 0 Å². The summed E-state index contributed by atoms with van der Waals surface area (Å²) in [4.78, 5) is 10.1. The van der Waals surface area contributed by atoms with Crippen LogP contribution in [-0.4, -0.2) is 49.7 Å². The van der Waals surface area contributed by atoms with Gasteiger partial charge in [0.15, 0.2) is 6.29 Å². The Morgan fingerprint density at radius 1 is 0.889 bits per heavy atom. The topological polar surface area (TPSA) is 98.0 Å². The minimum atomic E-state index is -0.199. The highest BCUT2D eigenvalue weighted by molar-refractivity contribution is 8.19. The van der Waals surface area contributed by atoms with Gasteiger partial charge in [-0.1, -0.05) is 0 Å². The summed E-state index contributed by atoms with van der Waals surface area (Å²) in [6, 6.07) is 8.61. The van der Waals surface area contributed by atoms with Crippen molar-refractivity contribution in [1.82, 2.24) is 0 Å². The number of aldehydes is 1. The molecule has 1 fully saturated rings. The van der Waals surface area contributed by atoms with Gasteiger partial charge in [-0.15, -0.1) is 23.5 Å². The van der Waals surface area contributed by atoms with Gasteiger partial charge in [-0.05, 0) is 35.8 Å². The number of hydrogen-bond donors (Lipinski definition) is 6. The van der Waals surface area contributed by atoms with E-state index in [0.717, 1.165) is 34.6 Å². The van der Waals surface area contributed by atoms with E-state index in [-0.39, 0.29) is 28.6 Å². The van der Waals surface area contributed by atoms with Crippen LogP contribution in [-0.2, 0) is 0 Å². The number of benzene rings is 2. The van der Waals surface area contributed by atoms with E-state index in [0.29, 0.717) is 10.9 Å². The SMILES string of the molecule is O=Cc1ccc(O)cc1O.Oc1ccc(C2SCCS2)c(O)c1.SCCS. The number of phenols is 4. The minimum Gasteiger partial charge on any atom is -0.508 e. The fourth-order valence-electron chi connectivity index (χ4n) is 1.90. The van der Waals surface area contributed by atoms with E-state index >= 15 is 0 Å². The van der Waals surface area contributed by atoms with Crippen molar-refractivity contribution in [2.75, 3.05) is 23.0 Å². The molecule has 2 aromatic rings. The Kier molecular flexibility index (Phi) is 11.4. The Morgan fingerprint density at radius 2 is 1.41 bits per heavy atom. The molecule has 0 aromatic heterocycles. The fraction of sp³-hybridized carbons (Fsp3) is 0.278. The first-order valence-electron chi connectivity index (χ1n) is 7.86. The molecule has 1 saturated heterocycles. The van der Waals surface area contributed by atoms with Crippen molar-refractivity contribution in [3.8, 4) is 23.0 Å². The molecule has 0 spiro atoms. The number of thioether (sulfide) groups is 2. The van der Waals surface area contributed by atoms with Crippen LogP contribution in [0.15, 0.2) is 36.4 Å². The van der Waals surface area contributed by atoms with Crippen LogP contribution in [0.4, 0.5) is 0 Å². The van der Waals surface area contributed by atoms with E-state index in [4.69, 9.17) is 15.3 Å². The minimum absolute atomic E-state index is 0.0527. The van der Waals surface area contributed by atoms with Gasteiger partial charge in [-0.2, -0.15) is 25.3 Å². The van der Waals surface area contributed by atoms with Crippen molar-refractivity contribution >= 4 is 55.1 Å². The van der Waals surface area contributed by atoms with Crippen molar-refractivity contribution in [3.05, 3.63) is 47.5 Å². The first-order valence-corrected chi connectivity index (χ1v) is 11.2. The molecule has 9 heteroatoms. The molecule has 27 heavy (non-hydrogen) atoms. The normalized spacial score (nSPS) is 13.1. The van der Waals surface area contributed by atoms with E-state index in [1.165, 1.54) is 18.2 Å². The second-order valence-corrected chi connectivity index (χ2v) is 8.74. The average molecular weight is 447 g/mol. The molecule has 3 rings (SSSR count). The summed E-state index contributed by atoms with van der Waals surface area (Å²) >= 11 is 11.4. The van der Waals surface area contributed by atoms with Crippen molar-refractivity contribution < 1.29 is 25.2 Å². The highest BCUT2D eigenvalue weighted by Crippen LogP contribution is 2.48. The summed E-state index contributed by atoms with van der Waals surface area (Å²) < 4.78 is 0.334. The molecule has 0 atom stereocenters. The first-order chi connectivity index (χ1) is 12.9. The van der Waals surface area contributed by atoms with E-state index in [1.807, 2.05) is 23.5 Å². The summed E-state index contributed by atoms with van der Waals surface area (Å²) in [5, 5.41) is 36.3. The maximum Gasteiger partial charge on any atom is 0.153 e. The molecule has 0 bridgehead atoms. The molecule has 1 aliphatic heterocycles. The predicted molar refractivity (Wildman–Crippen MR) is 120 cm³/mol. The van der Waals surface area contributed by atoms with E-state index in [2.05, 4.69) is 25.3 Å². The van der Waals surface area contributed by atoms with Crippen molar-refractivity contribution in [2.24, 2.45) is 0 Å². The highest BCUT2D eigenvalue weighted by Gasteiger charge is 2.21. The number of carbonyl (C=O) groups excluding carboxylic acids is 1. The Labute approximate surface area is 178 Å². The highest BCUT2D eigenvalue weighted by atomic mass is 32.2. The second-order valence-electron chi connectivity index (χ2n) is 5.12. The third-order valence-corrected chi connectivity index (χ3v) is 7.00. The van der Waals surface area contributed by atoms with Crippen LogP contribution in [0.25, 0.3) is 0 Å². The molecule has 0 unspecified atom stereocenters. The largest absolute Gasteiger partial charge is 0.508 e. The average Bonchev–Trinajstić information content (AvgIpc) is 3.17. The number of phenolic OH excluding ortho intramolecular Hbond substituents is 4. The molecule has 0 saturated carbocycles. The zero-order chi connectivity index (χ0) is 20.2. The summed E-state index contributed by atoms with van der Waals surface area (Å²) in [5.41, 5.74) is 1.10. The number of carbonyl (C=O) groups is 1. The van der Waals surface area contributed by atoms with Crippen LogP contribution in [0.2, 0.25) is 0 Å². The fourth-order valence-corrected chi connectivity index (χ4v) is 4.82. The van der Waals surface area contributed by atoms with Gasteiger partial charge in [-0.3, -0.25) is 4.79 Å². The van der Waals surface area contributed by atoms with Crippen molar-refractivity contribution in [2.45, 2.75) is 4.58 Å². The Bertz CT molecular complexity index is 719. The Hall–Kier alpha value is -1.29. The van der Waals surface area contributed by atoms with Gasteiger partial charge < -0.3 is 20.4 Å². The molecular weight excluding hydrogens is 424 g/mol. The zero-order valence-corrected chi connectivity index (χ0v) is 17.8. The molecule has 0 radical (unpaired) electrons. The molecule has 1 aliphatic rings. The third-order valence-electron chi connectivity index (χ3n) is 3.13. The Balaban J connectivity index is 0.000000232. The second kappa shape index (κ2) is 13.0. The monoisotopic (exact) mass is 446 g/mol. The standard InChI is InChI=1S/C9H10O2S2.C7H6O3.C2H6S2/c10-6-1-2-7(8(11)5-6)9-12-3-4-13-9;8-4-5-1-2-6(9)3-7(5)10;3-1-2-4/h1-2,5,9-11H,3-4H2;1-4,9-10H;3-4H,1-2H2. The molecular formula is C18H22O5S4. The number of hydrogen-bond acceptors (Lipinski definition) is 9. The van der Waals surface area contributed by atoms with Crippen LogP contribution in [0.3, 0.4) is 0 Å². The lowest BCUT2D eigenvalue weighted by Crippen LogP contribution is -1.85. The molecule has 1 heterocycles. The molecule has 0 amide bonds. The van der Waals surface area contributed by atoms with Gasteiger partial charge in [-0.25, -0.2) is 0 Å². The number of rotatable bonds is 3. The lowest BCUT2D eigenvalue weighted by Gasteiger charge is -2.10. The van der Waals surface area contributed by atoms with Crippen molar-refractivity contribution in [1.29, 1.82) is 0 Å².